The molecule has 0 saturated heterocycles. The molecule has 1 aromatic heterocycles. The molecule has 0 bridgehead atoms. The highest BCUT2D eigenvalue weighted by Crippen LogP contribution is 2.41. The zero-order valence-electron chi connectivity index (χ0n) is 9.94. The van der Waals surface area contributed by atoms with Crippen LogP contribution in [-0.4, -0.2) is 22.6 Å². The van der Waals surface area contributed by atoms with Gasteiger partial charge < -0.3 is 10.5 Å². The third-order valence-electron chi connectivity index (χ3n) is 2.59. The van der Waals surface area contributed by atoms with Crippen molar-refractivity contribution in [3.8, 4) is 6.01 Å². The normalized spacial score (nSPS) is 15.5. The van der Waals surface area contributed by atoms with Crippen LogP contribution in [0, 0.1) is 0 Å². The van der Waals surface area contributed by atoms with Gasteiger partial charge in [-0.2, -0.15) is 4.98 Å². The molecule has 2 N–H and O–H groups in total. The van der Waals surface area contributed by atoms with E-state index in [-0.39, 0.29) is 6.10 Å². The van der Waals surface area contributed by atoms with Crippen molar-refractivity contribution in [2.45, 2.75) is 45.1 Å². The molecule has 1 heterocycles. The van der Waals surface area contributed by atoms with Gasteiger partial charge in [-0.3, -0.25) is 0 Å². The van der Waals surface area contributed by atoms with Crippen molar-refractivity contribution in [2.24, 2.45) is 5.73 Å². The Morgan fingerprint density at radius 3 is 2.81 bits per heavy atom. The summed E-state index contributed by atoms with van der Waals surface area (Å²) in [5, 5.41) is 0. The second-order valence-corrected chi connectivity index (χ2v) is 4.54. The summed E-state index contributed by atoms with van der Waals surface area (Å²) in [5.41, 5.74) is 7.91. The number of nitrogens with two attached hydrogens (primary N) is 1. The zero-order valence-corrected chi connectivity index (χ0v) is 9.94. The van der Waals surface area contributed by atoms with Crippen LogP contribution in [0.3, 0.4) is 0 Å². The number of rotatable bonds is 5. The van der Waals surface area contributed by atoms with Crippen LogP contribution >= 0.6 is 0 Å². The zero-order chi connectivity index (χ0) is 11.5. The highest BCUT2D eigenvalue weighted by Gasteiger charge is 2.28. The van der Waals surface area contributed by atoms with Gasteiger partial charge in [0, 0.05) is 12.1 Å². The van der Waals surface area contributed by atoms with Gasteiger partial charge >= 0.3 is 6.01 Å². The van der Waals surface area contributed by atoms with Crippen molar-refractivity contribution in [3.05, 3.63) is 17.5 Å². The second-order valence-electron chi connectivity index (χ2n) is 4.54. The molecule has 0 atom stereocenters. The van der Waals surface area contributed by atoms with Crippen LogP contribution < -0.4 is 10.5 Å². The van der Waals surface area contributed by atoms with Gasteiger partial charge in [0.1, 0.15) is 0 Å². The van der Waals surface area contributed by atoms with Crippen molar-refractivity contribution >= 4 is 0 Å². The summed E-state index contributed by atoms with van der Waals surface area (Å²) in [4.78, 5) is 8.72. The molecule has 1 aliphatic carbocycles. The summed E-state index contributed by atoms with van der Waals surface area (Å²) in [6.07, 6.45) is 5.30. The van der Waals surface area contributed by atoms with Gasteiger partial charge in [-0.05, 0) is 45.2 Å². The van der Waals surface area contributed by atoms with Crippen LogP contribution in [0.25, 0.3) is 0 Å². The maximum absolute atomic E-state index is 5.58. The van der Waals surface area contributed by atoms with E-state index in [2.05, 4.69) is 9.97 Å². The van der Waals surface area contributed by atoms with E-state index in [9.17, 15) is 0 Å². The first-order valence-corrected chi connectivity index (χ1v) is 5.93. The molecule has 1 fully saturated rings. The summed E-state index contributed by atoms with van der Waals surface area (Å²) in [5.74, 6) is 0.610. The summed E-state index contributed by atoms with van der Waals surface area (Å²) in [6, 6.07) is 0.498. The Hall–Kier alpha value is -1.16. The topological polar surface area (TPSA) is 61.0 Å². The van der Waals surface area contributed by atoms with Crippen molar-refractivity contribution in [1.29, 1.82) is 0 Å². The van der Waals surface area contributed by atoms with Gasteiger partial charge in [-0.1, -0.05) is 0 Å². The maximum atomic E-state index is 5.58. The molecule has 1 aliphatic rings. The molecular weight excluding hydrogens is 202 g/mol. The van der Waals surface area contributed by atoms with Gasteiger partial charge in [0.05, 0.1) is 11.8 Å². The first-order chi connectivity index (χ1) is 7.70. The smallest absolute Gasteiger partial charge is 0.316 e. The van der Waals surface area contributed by atoms with Gasteiger partial charge in [0.2, 0.25) is 0 Å². The number of hydrogen-bond donors (Lipinski definition) is 1. The van der Waals surface area contributed by atoms with Crippen LogP contribution in [0.4, 0.5) is 0 Å². The fraction of sp³-hybridized carbons (Fsp3) is 0.667. The maximum Gasteiger partial charge on any atom is 0.316 e. The third-order valence-corrected chi connectivity index (χ3v) is 2.59. The van der Waals surface area contributed by atoms with Crippen molar-refractivity contribution in [1.82, 2.24) is 9.97 Å². The Bertz CT molecular complexity index is 361. The molecule has 0 amide bonds. The van der Waals surface area contributed by atoms with E-state index in [1.807, 2.05) is 20.0 Å². The van der Waals surface area contributed by atoms with E-state index in [4.69, 9.17) is 10.5 Å². The molecule has 1 saturated carbocycles. The first-order valence-electron chi connectivity index (χ1n) is 5.93. The number of hydrogen-bond acceptors (Lipinski definition) is 4. The standard InChI is InChI=1S/C12H19N3O/c1-8(2)16-12-14-7-10(5-6-13)11(15-12)9-3-4-9/h7-9H,3-6,13H2,1-2H3. The van der Waals surface area contributed by atoms with Crippen LogP contribution in [-0.2, 0) is 6.42 Å². The summed E-state index contributed by atoms with van der Waals surface area (Å²) < 4.78 is 5.51. The fourth-order valence-electron chi connectivity index (χ4n) is 1.73. The highest BCUT2D eigenvalue weighted by molar-refractivity contribution is 5.26. The minimum absolute atomic E-state index is 0.118. The molecule has 16 heavy (non-hydrogen) atoms. The molecule has 0 spiro atoms. The molecular formula is C12H19N3O. The largest absolute Gasteiger partial charge is 0.461 e. The Labute approximate surface area is 96.2 Å². The van der Waals surface area contributed by atoms with E-state index in [1.165, 1.54) is 18.4 Å². The number of nitrogens with zero attached hydrogens (tertiary/aromatic N) is 2. The quantitative estimate of drug-likeness (QED) is 0.821. The van der Waals surface area contributed by atoms with Crippen LogP contribution in [0.2, 0.25) is 0 Å². The summed E-state index contributed by atoms with van der Waals surface area (Å²) in [7, 11) is 0. The lowest BCUT2D eigenvalue weighted by atomic mass is 10.1. The average Bonchev–Trinajstić information content (AvgIpc) is 3.03. The van der Waals surface area contributed by atoms with Crippen molar-refractivity contribution < 1.29 is 4.74 Å². The monoisotopic (exact) mass is 221 g/mol. The van der Waals surface area contributed by atoms with Crippen LogP contribution in [0.1, 0.15) is 43.9 Å². The fourth-order valence-corrected chi connectivity index (χ4v) is 1.73. The van der Waals surface area contributed by atoms with Crippen LogP contribution in [0.15, 0.2) is 6.20 Å². The van der Waals surface area contributed by atoms with E-state index in [1.54, 1.807) is 0 Å². The molecule has 0 unspecified atom stereocenters. The predicted octanol–water partition coefficient (Wildman–Crippen LogP) is 1.64. The summed E-state index contributed by atoms with van der Waals surface area (Å²) >= 11 is 0. The number of aromatic nitrogens is 2. The molecule has 2 rings (SSSR count). The predicted molar refractivity (Wildman–Crippen MR) is 62.5 cm³/mol. The Kier molecular flexibility index (Phi) is 3.39. The molecule has 4 heteroatoms. The van der Waals surface area contributed by atoms with Gasteiger partial charge in [-0.15, -0.1) is 0 Å². The first kappa shape index (κ1) is 11.3. The Morgan fingerprint density at radius 1 is 1.50 bits per heavy atom. The average molecular weight is 221 g/mol. The lowest BCUT2D eigenvalue weighted by molar-refractivity contribution is 0.221. The Balaban J connectivity index is 2.21. The molecule has 0 aromatic carbocycles. The van der Waals surface area contributed by atoms with Crippen molar-refractivity contribution in [2.75, 3.05) is 6.54 Å². The van der Waals surface area contributed by atoms with Crippen LogP contribution in [0.5, 0.6) is 6.01 Å². The molecule has 1 aromatic rings. The van der Waals surface area contributed by atoms with Gasteiger partial charge in [-0.25, -0.2) is 4.98 Å². The van der Waals surface area contributed by atoms with Gasteiger partial charge in [0.15, 0.2) is 0 Å². The molecule has 88 valence electrons. The highest BCUT2D eigenvalue weighted by atomic mass is 16.5. The lowest BCUT2D eigenvalue weighted by Gasteiger charge is -2.11. The van der Waals surface area contributed by atoms with Crippen molar-refractivity contribution in [3.63, 3.8) is 0 Å². The molecule has 4 nitrogen and oxygen atoms in total. The summed E-state index contributed by atoms with van der Waals surface area (Å²) in [6.45, 7) is 4.61. The van der Waals surface area contributed by atoms with E-state index >= 15 is 0 Å². The molecule has 0 aliphatic heterocycles. The number of ether oxygens (including phenoxy) is 1. The van der Waals surface area contributed by atoms with E-state index in [0.717, 1.165) is 12.1 Å². The minimum Gasteiger partial charge on any atom is -0.461 e. The Morgan fingerprint density at radius 2 is 2.25 bits per heavy atom. The lowest BCUT2D eigenvalue weighted by Crippen LogP contribution is -2.12. The third kappa shape index (κ3) is 2.70. The van der Waals surface area contributed by atoms with E-state index in [0.29, 0.717) is 18.5 Å². The SMILES string of the molecule is CC(C)Oc1ncc(CCN)c(C2CC2)n1. The molecule has 0 radical (unpaired) electrons. The van der Waals surface area contributed by atoms with E-state index < -0.39 is 0 Å². The minimum atomic E-state index is 0.118. The van der Waals surface area contributed by atoms with Gasteiger partial charge in [0.25, 0.3) is 0 Å². The second kappa shape index (κ2) is 4.78.